The van der Waals surface area contributed by atoms with Gasteiger partial charge in [0.1, 0.15) is 11.6 Å². The van der Waals surface area contributed by atoms with Gasteiger partial charge in [0.2, 0.25) is 0 Å². The van der Waals surface area contributed by atoms with E-state index >= 15 is 0 Å². The van der Waals surface area contributed by atoms with Crippen LogP contribution >= 0.6 is 0 Å². The lowest BCUT2D eigenvalue weighted by atomic mass is 10.1. The van der Waals surface area contributed by atoms with E-state index in [1.807, 2.05) is 0 Å². The van der Waals surface area contributed by atoms with Gasteiger partial charge in [-0.3, -0.25) is 0 Å². The largest absolute Gasteiger partial charge is 0.497 e. The molecule has 3 rings (SSSR count). The number of hydrogen-bond acceptors (Lipinski definition) is 5. The number of nitrogens with zero attached hydrogens (tertiary/aromatic N) is 3. The fourth-order valence-corrected chi connectivity index (χ4v) is 3.02. The van der Waals surface area contributed by atoms with Gasteiger partial charge < -0.3 is 4.74 Å². The monoisotopic (exact) mass is 415 g/mol. The molecule has 0 spiro atoms. The molecule has 0 aliphatic rings. The molecule has 0 bridgehead atoms. The van der Waals surface area contributed by atoms with E-state index in [-0.39, 0.29) is 27.7 Å². The van der Waals surface area contributed by atoms with E-state index in [4.69, 9.17) is 4.74 Å². The first-order valence-electron chi connectivity index (χ1n) is 7.68. The lowest BCUT2D eigenvalue weighted by molar-refractivity contribution is -0.141. The predicted octanol–water partition coefficient (Wildman–Crippen LogP) is 3.50. The summed E-state index contributed by atoms with van der Waals surface area (Å²) in [5, 5.41) is 3.25. The number of ether oxygens (including phenoxy) is 1. The van der Waals surface area contributed by atoms with E-state index in [1.54, 1.807) is 0 Å². The van der Waals surface area contributed by atoms with E-state index in [0.29, 0.717) is 6.07 Å². The average molecular weight is 415 g/mol. The van der Waals surface area contributed by atoms with E-state index < -0.39 is 27.5 Å². The van der Waals surface area contributed by atoms with Crippen LogP contribution in [0.3, 0.4) is 0 Å². The maximum Gasteiger partial charge on any atom is 0.435 e. The molecule has 0 saturated heterocycles. The normalized spacial score (nSPS) is 12.2. The molecule has 0 unspecified atom stereocenters. The van der Waals surface area contributed by atoms with Crippen molar-refractivity contribution in [3.8, 4) is 22.7 Å². The Morgan fingerprint density at radius 2 is 1.82 bits per heavy atom. The van der Waals surface area contributed by atoms with Crippen molar-refractivity contribution in [1.29, 1.82) is 0 Å². The van der Waals surface area contributed by atoms with Gasteiger partial charge in [-0.05, 0) is 30.3 Å². The number of aromatic nitrogens is 3. The minimum atomic E-state index is -4.76. The third-order valence-electron chi connectivity index (χ3n) is 3.80. The summed E-state index contributed by atoms with van der Waals surface area (Å²) >= 11 is 0. The topological polar surface area (TPSA) is 74.1 Å². The van der Waals surface area contributed by atoms with Crippen LogP contribution in [0.4, 0.5) is 17.6 Å². The lowest BCUT2D eigenvalue weighted by Crippen LogP contribution is -2.08. The molecule has 11 heteroatoms. The zero-order chi connectivity index (χ0) is 20.7. The molecule has 28 heavy (non-hydrogen) atoms. The van der Waals surface area contributed by atoms with Gasteiger partial charge in [-0.1, -0.05) is 0 Å². The Labute approximate surface area is 157 Å². The fourth-order valence-electron chi connectivity index (χ4n) is 2.46. The van der Waals surface area contributed by atoms with Crippen molar-refractivity contribution in [2.24, 2.45) is 0 Å². The summed E-state index contributed by atoms with van der Waals surface area (Å²) in [6.45, 7) is 0. The number of benzene rings is 1. The second-order valence-electron chi connectivity index (χ2n) is 5.80. The molecule has 0 fully saturated rings. The van der Waals surface area contributed by atoms with Crippen LogP contribution in [0.15, 0.2) is 47.6 Å². The smallest absolute Gasteiger partial charge is 0.435 e. The molecule has 0 radical (unpaired) electrons. The Kier molecular flexibility index (Phi) is 4.88. The highest BCUT2D eigenvalue weighted by atomic mass is 32.2. The van der Waals surface area contributed by atoms with Gasteiger partial charge in [0.05, 0.1) is 24.7 Å². The van der Waals surface area contributed by atoms with Gasteiger partial charge in [-0.25, -0.2) is 22.5 Å². The summed E-state index contributed by atoms with van der Waals surface area (Å²) in [4.78, 5) is 3.74. The molecule has 2 heterocycles. The summed E-state index contributed by atoms with van der Waals surface area (Å²) in [6.07, 6.45) is -2.76. The molecule has 0 aliphatic carbocycles. The molecule has 6 nitrogen and oxygen atoms in total. The number of hydrogen-bond donors (Lipinski definition) is 0. The van der Waals surface area contributed by atoms with Gasteiger partial charge in [0, 0.05) is 17.9 Å². The first kappa shape index (κ1) is 19.8. The Hall–Kier alpha value is -2.95. The molecular weight excluding hydrogens is 402 g/mol. The molecule has 0 aliphatic heterocycles. The van der Waals surface area contributed by atoms with E-state index in [2.05, 4.69) is 10.1 Å². The lowest BCUT2D eigenvalue weighted by Gasteiger charge is -2.09. The van der Waals surface area contributed by atoms with Crippen LogP contribution in [0.2, 0.25) is 0 Å². The minimum absolute atomic E-state index is 0.0353. The SMILES string of the molecule is COc1ccc(-c2cc(C(F)(F)F)nn2-c2ccc(S(C)(=O)=O)nc2)c(F)c1. The van der Waals surface area contributed by atoms with Crippen LogP contribution in [-0.2, 0) is 16.0 Å². The summed E-state index contributed by atoms with van der Waals surface area (Å²) in [5.41, 5.74) is -1.52. The van der Waals surface area contributed by atoms with Crippen molar-refractivity contribution >= 4 is 9.84 Å². The molecule has 2 aromatic heterocycles. The van der Waals surface area contributed by atoms with Gasteiger partial charge in [-0.2, -0.15) is 18.3 Å². The quantitative estimate of drug-likeness (QED) is 0.610. The van der Waals surface area contributed by atoms with Crippen LogP contribution in [0.25, 0.3) is 16.9 Å². The molecule has 0 atom stereocenters. The van der Waals surface area contributed by atoms with Crippen molar-refractivity contribution in [2.45, 2.75) is 11.2 Å². The third kappa shape index (κ3) is 3.84. The van der Waals surface area contributed by atoms with Crippen LogP contribution in [0.5, 0.6) is 5.75 Å². The van der Waals surface area contributed by atoms with Crippen LogP contribution in [0.1, 0.15) is 5.69 Å². The molecule has 3 aromatic rings. The van der Waals surface area contributed by atoms with Crippen LogP contribution in [-0.4, -0.2) is 36.5 Å². The molecule has 148 valence electrons. The maximum absolute atomic E-state index is 14.4. The number of alkyl halides is 3. The van der Waals surface area contributed by atoms with Crippen molar-refractivity contribution in [3.05, 3.63) is 54.1 Å². The average Bonchev–Trinajstić information content (AvgIpc) is 3.06. The number of sulfone groups is 1. The Morgan fingerprint density at radius 3 is 2.32 bits per heavy atom. The van der Waals surface area contributed by atoms with Gasteiger partial charge >= 0.3 is 6.18 Å². The highest BCUT2D eigenvalue weighted by Crippen LogP contribution is 2.34. The number of rotatable bonds is 4. The molecule has 0 amide bonds. The van der Waals surface area contributed by atoms with Crippen LogP contribution in [0, 0.1) is 5.82 Å². The second kappa shape index (κ2) is 6.89. The molecule has 0 N–H and O–H groups in total. The Balaban J connectivity index is 2.19. The number of pyridine rings is 1. The standard InChI is InChI=1S/C17H13F4N3O3S/c1-27-11-4-5-12(13(18)7-11)14-8-15(17(19,20)21)23-24(14)10-3-6-16(22-9-10)28(2,25)26/h3-9H,1-2H3. The zero-order valence-electron chi connectivity index (χ0n) is 14.5. The summed E-state index contributed by atoms with van der Waals surface area (Å²) in [6, 6.07) is 6.77. The Morgan fingerprint density at radius 1 is 1.11 bits per heavy atom. The summed E-state index contributed by atoms with van der Waals surface area (Å²) in [7, 11) is -2.26. The highest BCUT2D eigenvalue weighted by molar-refractivity contribution is 7.90. The summed E-state index contributed by atoms with van der Waals surface area (Å²) < 4.78 is 82.7. The van der Waals surface area contributed by atoms with Crippen molar-refractivity contribution in [3.63, 3.8) is 0 Å². The first-order valence-corrected chi connectivity index (χ1v) is 9.57. The van der Waals surface area contributed by atoms with Gasteiger partial charge in [-0.15, -0.1) is 0 Å². The van der Waals surface area contributed by atoms with E-state index in [9.17, 15) is 26.0 Å². The molecule has 1 aromatic carbocycles. The van der Waals surface area contributed by atoms with Crippen molar-refractivity contribution < 1.29 is 30.7 Å². The highest BCUT2D eigenvalue weighted by Gasteiger charge is 2.35. The number of methoxy groups -OCH3 is 1. The third-order valence-corrected chi connectivity index (χ3v) is 4.80. The maximum atomic E-state index is 14.4. The Bertz CT molecular complexity index is 1120. The van der Waals surface area contributed by atoms with E-state index in [1.165, 1.54) is 25.3 Å². The first-order chi connectivity index (χ1) is 13.0. The summed E-state index contributed by atoms with van der Waals surface area (Å²) in [5.74, 6) is -0.613. The van der Waals surface area contributed by atoms with Gasteiger partial charge in [0.25, 0.3) is 0 Å². The van der Waals surface area contributed by atoms with E-state index in [0.717, 1.165) is 29.3 Å². The number of halogens is 4. The van der Waals surface area contributed by atoms with Crippen molar-refractivity contribution in [2.75, 3.05) is 13.4 Å². The fraction of sp³-hybridized carbons (Fsp3) is 0.176. The second-order valence-corrected chi connectivity index (χ2v) is 7.76. The van der Waals surface area contributed by atoms with Gasteiger partial charge in [0.15, 0.2) is 20.6 Å². The predicted molar refractivity (Wildman–Crippen MR) is 91.4 cm³/mol. The van der Waals surface area contributed by atoms with Crippen molar-refractivity contribution in [1.82, 2.24) is 14.8 Å². The molecule has 0 saturated carbocycles. The van der Waals surface area contributed by atoms with Crippen LogP contribution < -0.4 is 4.74 Å². The molecular formula is C17H13F4N3O3S. The zero-order valence-corrected chi connectivity index (χ0v) is 15.3. The minimum Gasteiger partial charge on any atom is -0.497 e.